The Kier molecular flexibility index (Phi) is 5.70. The van der Waals surface area contributed by atoms with Gasteiger partial charge in [-0.25, -0.2) is 9.98 Å². The highest BCUT2D eigenvalue weighted by molar-refractivity contribution is 6.35. The van der Waals surface area contributed by atoms with Gasteiger partial charge in [-0.1, -0.05) is 23.2 Å². The molecule has 6 nitrogen and oxygen atoms in total. The largest absolute Gasteiger partial charge is 0.475 e. The predicted molar refractivity (Wildman–Crippen MR) is 78.6 cm³/mol. The lowest BCUT2D eigenvalue weighted by Crippen LogP contribution is -2.45. The number of rotatable bonds is 4. The first-order valence-corrected chi connectivity index (χ1v) is 6.99. The van der Waals surface area contributed by atoms with E-state index in [1.54, 1.807) is 6.07 Å². The Morgan fingerprint density at radius 2 is 2.20 bits per heavy atom. The second-order valence-electron chi connectivity index (χ2n) is 4.13. The van der Waals surface area contributed by atoms with Crippen molar-refractivity contribution in [3.8, 4) is 5.88 Å². The number of hydrogen-bond acceptors (Lipinski definition) is 4. The smallest absolute Gasteiger partial charge is 0.232 e. The van der Waals surface area contributed by atoms with Gasteiger partial charge >= 0.3 is 0 Å². The van der Waals surface area contributed by atoms with Gasteiger partial charge in [0.15, 0.2) is 5.96 Å². The summed E-state index contributed by atoms with van der Waals surface area (Å²) >= 11 is 11.7. The maximum Gasteiger partial charge on any atom is 0.232 e. The van der Waals surface area contributed by atoms with E-state index < -0.39 is 0 Å². The summed E-state index contributed by atoms with van der Waals surface area (Å²) in [6.45, 7) is 3.67. The Morgan fingerprint density at radius 1 is 1.45 bits per heavy atom. The Morgan fingerprint density at radius 3 is 2.90 bits per heavy atom. The molecule has 0 radical (unpaired) electrons. The first-order chi connectivity index (χ1) is 9.66. The molecule has 1 fully saturated rings. The van der Waals surface area contributed by atoms with Crippen molar-refractivity contribution in [1.29, 1.82) is 0 Å². The van der Waals surface area contributed by atoms with Gasteiger partial charge in [-0.2, -0.15) is 0 Å². The van der Waals surface area contributed by atoms with E-state index in [4.69, 9.17) is 38.4 Å². The molecule has 0 aromatic carbocycles. The molecule has 110 valence electrons. The molecule has 0 saturated carbocycles. The first kappa shape index (κ1) is 15.2. The van der Waals surface area contributed by atoms with Crippen LogP contribution in [0, 0.1) is 0 Å². The van der Waals surface area contributed by atoms with Crippen molar-refractivity contribution in [2.45, 2.75) is 0 Å². The zero-order valence-corrected chi connectivity index (χ0v) is 12.4. The molecule has 8 heteroatoms. The lowest BCUT2D eigenvalue weighted by atomic mass is 10.4. The Balaban J connectivity index is 1.77. The molecule has 1 aliphatic rings. The zero-order valence-electron chi connectivity index (χ0n) is 10.9. The van der Waals surface area contributed by atoms with Crippen LogP contribution in [0.2, 0.25) is 10.0 Å². The van der Waals surface area contributed by atoms with Gasteiger partial charge in [0.25, 0.3) is 0 Å². The first-order valence-electron chi connectivity index (χ1n) is 6.23. The van der Waals surface area contributed by atoms with Crippen molar-refractivity contribution < 1.29 is 9.47 Å². The Bertz CT molecular complexity index is 479. The maximum absolute atomic E-state index is 5.94. The van der Waals surface area contributed by atoms with E-state index in [1.807, 2.05) is 4.90 Å². The molecule has 1 aliphatic heterocycles. The second kappa shape index (κ2) is 7.52. The van der Waals surface area contributed by atoms with Crippen LogP contribution >= 0.6 is 23.2 Å². The van der Waals surface area contributed by atoms with Crippen molar-refractivity contribution in [2.24, 2.45) is 10.7 Å². The van der Waals surface area contributed by atoms with Crippen molar-refractivity contribution in [3.05, 3.63) is 22.3 Å². The van der Waals surface area contributed by atoms with Crippen LogP contribution in [0.5, 0.6) is 5.88 Å². The normalized spacial score (nSPS) is 16.3. The molecule has 1 aromatic rings. The van der Waals surface area contributed by atoms with E-state index in [1.165, 1.54) is 6.20 Å². The lowest BCUT2D eigenvalue weighted by molar-refractivity contribution is 0.0674. The third-order valence-corrected chi connectivity index (χ3v) is 3.19. The van der Waals surface area contributed by atoms with E-state index >= 15 is 0 Å². The predicted octanol–water partition coefficient (Wildman–Crippen LogP) is 1.41. The minimum Gasteiger partial charge on any atom is -0.475 e. The van der Waals surface area contributed by atoms with Crippen molar-refractivity contribution in [1.82, 2.24) is 9.88 Å². The number of morpholine rings is 1. The summed E-state index contributed by atoms with van der Waals surface area (Å²) in [6.07, 6.45) is 1.48. The summed E-state index contributed by atoms with van der Waals surface area (Å²) in [5, 5.41) is 0.847. The van der Waals surface area contributed by atoms with Gasteiger partial charge in [-0.05, 0) is 6.07 Å². The Hall–Kier alpha value is -1.24. The van der Waals surface area contributed by atoms with Crippen LogP contribution in [0.1, 0.15) is 0 Å². The SMILES string of the molecule is NC(=NCCOc1ncc(Cl)cc1Cl)N1CCOCC1. The fourth-order valence-corrected chi connectivity index (χ4v) is 2.14. The highest BCUT2D eigenvalue weighted by Crippen LogP contribution is 2.24. The second-order valence-corrected chi connectivity index (χ2v) is 4.97. The van der Waals surface area contributed by atoms with Crippen LogP contribution in [0.4, 0.5) is 0 Å². The van der Waals surface area contributed by atoms with Gasteiger partial charge in [0.05, 0.1) is 24.8 Å². The fraction of sp³-hybridized carbons (Fsp3) is 0.500. The van der Waals surface area contributed by atoms with Gasteiger partial charge in [0, 0.05) is 19.3 Å². The number of halogens is 2. The van der Waals surface area contributed by atoms with E-state index in [0.29, 0.717) is 48.3 Å². The highest BCUT2D eigenvalue weighted by Gasteiger charge is 2.11. The molecule has 2 rings (SSSR count). The number of ether oxygens (including phenoxy) is 2. The number of nitrogens with zero attached hydrogens (tertiary/aromatic N) is 3. The van der Waals surface area contributed by atoms with E-state index in [2.05, 4.69) is 9.98 Å². The van der Waals surface area contributed by atoms with Crippen LogP contribution in [-0.4, -0.2) is 55.3 Å². The molecule has 20 heavy (non-hydrogen) atoms. The summed E-state index contributed by atoms with van der Waals surface area (Å²) < 4.78 is 10.7. The summed E-state index contributed by atoms with van der Waals surface area (Å²) in [7, 11) is 0. The molecular weight excluding hydrogens is 303 g/mol. The van der Waals surface area contributed by atoms with Crippen LogP contribution in [-0.2, 0) is 4.74 Å². The van der Waals surface area contributed by atoms with Gasteiger partial charge in [0.1, 0.15) is 11.6 Å². The molecule has 0 unspecified atom stereocenters. The summed E-state index contributed by atoms with van der Waals surface area (Å²) in [5.74, 6) is 0.850. The number of aliphatic imine (C=N–C) groups is 1. The average molecular weight is 319 g/mol. The van der Waals surface area contributed by atoms with Crippen LogP contribution in [0.3, 0.4) is 0 Å². The Labute approximate surface area is 127 Å². The van der Waals surface area contributed by atoms with Crippen molar-refractivity contribution >= 4 is 29.2 Å². The summed E-state index contributed by atoms with van der Waals surface area (Å²) in [5.41, 5.74) is 5.88. The standard InChI is InChI=1S/C12H16Cl2N4O2/c13-9-7-10(14)11(17-8-9)20-4-1-16-12(15)18-2-5-19-6-3-18/h7-8H,1-6H2,(H2,15,16). The van der Waals surface area contributed by atoms with Crippen molar-refractivity contribution in [3.63, 3.8) is 0 Å². The molecule has 1 aromatic heterocycles. The molecule has 2 N–H and O–H groups in total. The monoisotopic (exact) mass is 318 g/mol. The molecule has 2 heterocycles. The highest BCUT2D eigenvalue weighted by atomic mass is 35.5. The van der Waals surface area contributed by atoms with E-state index in [9.17, 15) is 0 Å². The number of aromatic nitrogens is 1. The number of nitrogens with two attached hydrogens (primary N) is 1. The van der Waals surface area contributed by atoms with Gasteiger partial charge in [-0.15, -0.1) is 0 Å². The quantitative estimate of drug-likeness (QED) is 0.516. The third kappa shape index (κ3) is 4.40. The molecule has 1 saturated heterocycles. The van der Waals surface area contributed by atoms with Crippen LogP contribution in [0.25, 0.3) is 0 Å². The third-order valence-electron chi connectivity index (χ3n) is 2.71. The minimum atomic E-state index is 0.344. The van der Waals surface area contributed by atoms with Crippen LogP contribution in [0.15, 0.2) is 17.3 Å². The summed E-state index contributed by atoms with van der Waals surface area (Å²) in [6, 6.07) is 1.58. The minimum absolute atomic E-state index is 0.344. The fourth-order valence-electron chi connectivity index (χ4n) is 1.70. The molecule has 0 amide bonds. The van der Waals surface area contributed by atoms with Gasteiger partial charge in [-0.3, -0.25) is 0 Å². The van der Waals surface area contributed by atoms with Gasteiger partial charge in [0.2, 0.25) is 5.88 Å². The topological polar surface area (TPSA) is 73.0 Å². The number of guanidine groups is 1. The molecule has 0 spiro atoms. The van der Waals surface area contributed by atoms with E-state index in [0.717, 1.165) is 13.1 Å². The van der Waals surface area contributed by atoms with Gasteiger partial charge < -0.3 is 20.1 Å². The maximum atomic E-state index is 5.94. The average Bonchev–Trinajstić information content (AvgIpc) is 2.46. The number of pyridine rings is 1. The molecule has 0 bridgehead atoms. The van der Waals surface area contributed by atoms with E-state index in [-0.39, 0.29) is 0 Å². The zero-order chi connectivity index (χ0) is 14.4. The summed E-state index contributed by atoms with van der Waals surface area (Å²) in [4.78, 5) is 10.2. The molecular formula is C12H16Cl2N4O2. The lowest BCUT2D eigenvalue weighted by Gasteiger charge is -2.27. The molecule has 0 atom stereocenters. The van der Waals surface area contributed by atoms with Crippen LogP contribution < -0.4 is 10.5 Å². The number of hydrogen-bond donors (Lipinski definition) is 1. The van der Waals surface area contributed by atoms with Crippen molar-refractivity contribution in [2.75, 3.05) is 39.5 Å². The molecule has 0 aliphatic carbocycles.